The number of nitrogens with two attached hydrogens (primary N) is 1. The monoisotopic (exact) mass is 256 g/mol. The largest absolute Gasteiger partial charge is 0.364 e. The fraction of sp³-hybridized carbons (Fsp3) is 0.400. The molecule has 100 valence electrons. The van der Waals surface area contributed by atoms with E-state index in [1.165, 1.54) is 16.9 Å². The summed E-state index contributed by atoms with van der Waals surface area (Å²) in [7, 11) is 0. The third kappa shape index (κ3) is 2.12. The first kappa shape index (κ1) is 12.2. The normalized spacial score (nSPS) is 14.6. The molecule has 0 amide bonds. The van der Waals surface area contributed by atoms with E-state index in [0.717, 1.165) is 31.2 Å². The van der Waals surface area contributed by atoms with Gasteiger partial charge in [-0.2, -0.15) is 0 Å². The van der Waals surface area contributed by atoms with Gasteiger partial charge in [-0.25, -0.2) is 4.98 Å². The molecule has 1 aromatic carbocycles. The van der Waals surface area contributed by atoms with Gasteiger partial charge < -0.3 is 15.2 Å². The lowest BCUT2D eigenvalue weighted by Crippen LogP contribution is -2.34. The molecule has 0 unspecified atom stereocenters. The highest BCUT2D eigenvalue weighted by Gasteiger charge is 2.21. The SMILES string of the molecule is Cc1ccc(N2CCn3c(C)nc(CN)c3C2)cc1. The molecule has 1 aliphatic heterocycles. The molecule has 0 saturated heterocycles. The predicted molar refractivity (Wildman–Crippen MR) is 77.1 cm³/mol. The van der Waals surface area contributed by atoms with Crippen LogP contribution in [-0.2, 0) is 19.6 Å². The summed E-state index contributed by atoms with van der Waals surface area (Å²) in [6.45, 7) is 7.61. The summed E-state index contributed by atoms with van der Waals surface area (Å²) in [6, 6.07) is 8.71. The summed E-state index contributed by atoms with van der Waals surface area (Å²) in [5.41, 5.74) is 10.7. The number of hydrogen-bond acceptors (Lipinski definition) is 3. The minimum atomic E-state index is 0.519. The van der Waals surface area contributed by atoms with Crippen molar-refractivity contribution in [3.05, 3.63) is 47.0 Å². The standard InChI is InChI=1S/C15H20N4/c1-11-3-5-13(6-4-11)18-7-8-19-12(2)17-14(9-16)15(19)10-18/h3-6H,7-10,16H2,1-2H3. The van der Waals surface area contributed by atoms with E-state index in [1.807, 2.05) is 0 Å². The summed E-state index contributed by atoms with van der Waals surface area (Å²) in [5, 5.41) is 0. The number of fused-ring (bicyclic) bond motifs is 1. The van der Waals surface area contributed by atoms with Gasteiger partial charge in [0.1, 0.15) is 5.82 Å². The molecule has 2 heterocycles. The van der Waals surface area contributed by atoms with Crippen LogP contribution in [0.15, 0.2) is 24.3 Å². The van der Waals surface area contributed by atoms with Gasteiger partial charge >= 0.3 is 0 Å². The molecule has 0 atom stereocenters. The maximum atomic E-state index is 5.80. The van der Waals surface area contributed by atoms with Crippen molar-refractivity contribution in [2.24, 2.45) is 5.73 Å². The lowest BCUT2D eigenvalue weighted by Gasteiger charge is -2.31. The van der Waals surface area contributed by atoms with Gasteiger partial charge in [0.2, 0.25) is 0 Å². The van der Waals surface area contributed by atoms with Gasteiger partial charge in [0, 0.05) is 25.3 Å². The van der Waals surface area contributed by atoms with Crippen LogP contribution in [0.1, 0.15) is 22.8 Å². The second-order valence-electron chi connectivity index (χ2n) is 5.17. The van der Waals surface area contributed by atoms with Gasteiger partial charge in [0.05, 0.1) is 17.9 Å². The zero-order valence-corrected chi connectivity index (χ0v) is 11.6. The van der Waals surface area contributed by atoms with Crippen LogP contribution in [0.5, 0.6) is 0 Å². The smallest absolute Gasteiger partial charge is 0.106 e. The third-order valence-corrected chi connectivity index (χ3v) is 3.87. The van der Waals surface area contributed by atoms with Gasteiger partial charge in [0.15, 0.2) is 0 Å². The van der Waals surface area contributed by atoms with E-state index in [9.17, 15) is 0 Å². The summed E-state index contributed by atoms with van der Waals surface area (Å²) in [5.74, 6) is 1.08. The van der Waals surface area contributed by atoms with Crippen molar-refractivity contribution in [1.29, 1.82) is 0 Å². The first-order valence-corrected chi connectivity index (χ1v) is 6.75. The van der Waals surface area contributed by atoms with Crippen molar-refractivity contribution in [3.63, 3.8) is 0 Å². The van der Waals surface area contributed by atoms with Crippen molar-refractivity contribution < 1.29 is 0 Å². The molecule has 4 nitrogen and oxygen atoms in total. The second-order valence-corrected chi connectivity index (χ2v) is 5.17. The quantitative estimate of drug-likeness (QED) is 0.893. The Labute approximate surface area is 113 Å². The van der Waals surface area contributed by atoms with Crippen LogP contribution < -0.4 is 10.6 Å². The molecule has 2 N–H and O–H groups in total. The van der Waals surface area contributed by atoms with Crippen molar-refractivity contribution >= 4 is 5.69 Å². The maximum absolute atomic E-state index is 5.80. The Morgan fingerprint density at radius 3 is 2.58 bits per heavy atom. The molecule has 0 aliphatic carbocycles. The Balaban J connectivity index is 1.91. The summed E-state index contributed by atoms with van der Waals surface area (Å²) in [4.78, 5) is 6.96. The summed E-state index contributed by atoms with van der Waals surface area (Å²) < 4.78 is 2.30. The van der Waals surface area contributed by atoms with Crippen molar-refractivity contribution in [2.75, 3.05) is 11.4 Å². The summed E-state index contributed by atoms with van der Waals surface area (Å²) >= 11 is 0. The van der Waals surface area contributed by atoms with E-state index in [-0.39, 0.29) is 0 Å². The fourth-order valence-corrected chi connectivity index (χ4v) is 2.76. The molecule has 0 saturated carbocycles. The highest BCUT2D eigenvalue weighted by molar-refractivity contribution is 5.48. The van der Waals surface area contributed by atoms with E-state index in [2.05, 4.69) is 52.6 Å². The lowest BCUT2D eigenvalue weighted by atomic mass is 10.2. The highest BCUT2D eigenvalue weighted by Crippen LogP contribution is 2.24. The molecule has 1 aromatic heterocycles. The molecule has 0 spiro atoms. The van der Waals surface area contributed by atoms with Gasteiger partial charge in [-0.05, 0) is 26.0 Å². The minimum Gasteiger partial charge on any atom is -0.364 e. The zero-order valence-electron chi connectivity index (χ0n) is 11.6. The Morgan fingerprint density at radius 1 is 1.16 bits per heavy atom. The van der Waals surface area contributed by atoms with Crippen LogP contribution in [-0.4, -0.2) is 16.1 Å². The maximum Gasteiger partial charge on any atom is 0.106 e. The number of hydrogen-bond donors (Lipinski definition) is 1. The van der Waals surface area contributed by atoms with E-state index in [0.29, 0.717) is 6.54 Å². The molecule has 0 bridgehead atoms. The van der Waals surface area contributed by atoms with E-state index >= 15 is 0 Å². The van der Waals surface area contributed by atoms with Crippen LogP contribution in [0.25, 0.3) is 0 Å². The van der Waals surface area contributed by atoms with Crippen LogP contribution in [0.3, 0.4) is 0 Å². The van der Waals surface area contributed by atoms with Gasteiger partial charge in [-0.3, -0.25) is 0 Å². The van der Waals surface area contributed by atoms with E-state index in [4.69, 9.17) is 5.73 Å². The van der Waals surface area contributed by atoms with Crippen LogP contribution in [0.4, 0.5) is 5.69 Å². The second kappa shape index (κ2) is 4.70. The predicted octanol–water partition coefficient (Wildman–Crippen LogP) is 1.98. The Bertz CT molecular complexity index is 583. The Hall–Kier alpha value is -1.81. The Morgan fingerprint density at radius 2 is 1.89 bits per heavy atom. The molecule has 0 fully saturated rings. The topological polar surface area (TPSA) is 47.1 Å². The number of benzene rings is 1. The van der Waals surface area contributed by atoms with Gasteiger partial charge in [-0.1, -0.05) is 17.7 Å². The van der Waals surface area contributed by atoms with E-state index < -0.39 is 0 Å². The third-order valence-electron chi connectivity index (χ3n) is 3.87. The van der Waals surface area contributed by atoms with Crippen LogP contribution >= 0.6 is 0 Å². The average molecular weight is 256 g/mol. The van der Waals surface area contributed by atoms with Crippen LogP contribution in [0, 0.1) is 13.8 Å². The first-order chi connectivity index (χ1) is 9.19. The number of rotatable bonds is 2. The molecule has 3 rings (SSSR count). The molecule has 0 radical (unpaired) electrons. The minimum absolute atomic E-state index is 0.519. The molecule has 2 aromatic rings. The molecule has 4 heteroatoms. The van der Waals surface area contributed by atoms with Gasteiger partial charge in [-0.15, -0.1) is 0 Å². The number of imidazole rings is 1. The Kier molecular flexibility index (Phi) is 3.03. The van der Waals surface area contributed by atoms with Crippen molar-refractivity contribution in [2.45, 2.75) is 33.5 Å². The molecule has 19 heavy (non-hydrogen) atoms. The highest BCUT2D eigenvalue weighted by atomic mass is 15.2. The van der Waals surface area contributed by atoms with Gasteiger partial charge in [0.25, 0.3) is 0 Å². The molecular weight excluding hydrogens is 236 g/mol. The molecule has 1 aliphatic rings. The number of aryl methyl sites for hydroxylation is 2. The number of aromatic nitrogens is 2. The van der Waals surface area contributed by atoms with E-state index in [1.54, 1.807) is 0 Å². The number of nitrogens with zero attached hydrogens (tertiary/aromatic N) is 3. The zero-order chi connectivity index (χ0) is 13.4. The number of anilines is 1. The van der Waals surface area contributed by atoms with Crippen molar-refractivity contribution in [1.82, 2.24) is 9.55 Å². The van der Waals surface area contributed by atoms with Crippen LogP contribution in [0.2, 0.25) is 0 Å². The first-order valence-electron chi connectivity index (χ1n) is 6.75. The lowest BCUT2D eigenvalue weighted by molar-refractivity contribution is 0.557. The average Bonchev–Trinajstić information content (AvgIpc) is 2.76. The fourth-order valence-electron chi connectivity index (χ4n) is 2.76. The van der Waals surface area contributed by atoms with Crippen molar-refractivity contribution in [3.8, 4) is 0 Å². The molecular formula is C15H20N4. The summed E-state index contributed by atoms with van der Waals surface area (Å²) in [6.07, 6.45) is 0.